The Morgan fingerprint density at radius 3 is 2.52 bits per heavy atom. The Bertz CT molecular complexity index is 624. The number of aliphatic carboxylic acids is 1. The number of carbonyl (C=O) groups is 2. The van der Waals surface area contributed by atoms with E-state index in [1.165, 1.54) is 6.20 Å². The molecule has 0 fully saturated rings. The van der Waals surface area contributed by atoms with Crippen LogP contribution in [0.25, 0.3) is 0 Å². The monoisotopic (exact) mass is 284 g/mol. The Labute approximate surface area is 122 Å². The highest BCUT2D eigenvalue weighted by Crippen LogP contribution is 2.07. The lowest BCUT2D eigenvalue weighted by Gasteiger charge is -2.14. The molecule has 1 amide bonds. The molecule has 0 unspecified atom stereocenters. The van der Waals surface area contributed by atoms with Gasteiger partial charge in [-0.25, -0.2) is 4.79 Å². The summed E-state index contributed by atoms with van der Waals surface area (Å²) in [7, 11) is 0. The third kappa shape index (κ3) is 4.14. The fourth-order valence-corrected chi connectivity index (χ4v) is 1.90. The summed E-state index contributed by atoms with van der Waals surface area (Å²) < 4.78 is 0. The fraction of sp³-hybridized carbons (Fsp3) is 0.188. The van der Waals surface area contributed by atoms with Gasteiger partial charge in [-0.3, -0.25) is 9.78 Å². The molecule has 0 aliphatic heterocycles. The Hall–Kier alpha value is -2.69. The first kappa shape index (κ1) is 14.7. The predicted molar refractivity (Wildman–Crippen MR) is 78.0 cm³/mol. The molecule has 1 atom stereocenters. The average Bonchev–Trinajstić information content (AvgIpc) is 2.49. The number of hydrogen-bond donors (Lipinski definition) is 2. The number of carbonyl (C=O) groups excluding carboxylic acids is 1. The Morgan fingerprint density at radius 2 is 1.95 bits per heavy atom. The number of pyridine rings is 1. The van der Waals surface area contributed by atoms with Crippen LogP contribution in [0, 0.1) is 6.92 Å². The molecule has 0 aliphatic carbocycles. The van der Waals surface area contributed by atoms with Crippen LogP contribution in [0.3, 0.4) is 0 Å². The first-order valence-electron chi connectivity index (χ1n) is 6.55. The Morgan fingerprint density at radius 1 is 1.24 bits per heavy atom. The van der Waals surface area contributed by atoms with Crippen molar-refractivity contribution in [2.75, 3.05) is 0 Å². The summed E-state index contributed by atoms with van der Waals surface area (Å²) in [5.41, 5.74) is 2.30. The highest BCUT2D eigenvalue weighted by Gasteiger charge is 2.21. The van der Waals surface area contributed by atoms with Gasteiger partial charge in [0.1, 0.15) is 6.04 Å². The number of nitrogens with one attached hydrogen (secondary N) is 1. The van der Waals surface area contributed by atoms with Crippen molar-refractivity contribution in [2.45, 2.75) is 19.4 Å². The second-order valence-electron chi connectivity index (χ2n) is 4.80. The minimum Gasteiger partial charge on any atom is -0.480 e. The van der Waals surface area contributed by atoms with Crippen LogP contribution < -0.4 is 5.32 Å². The van der Waals surface area contributed by atoms with Crippen LogP contribution in [0.4, 0.5) is 0 Å². The zero-order valence-corrected chi connectivity index (χ0v) is 11.6. The van der Waals surface area contributed by atoms with Crippen LogP contribution in [0.2, 0.25) is 0 Å². The normalized spacial score (nSPS) is 11.7. The van der Waals surface area contributed by atoms with Gasteiger partial charge in [0, 0.05) is 18.8 Å². The van der Waals surface area contributed by atoms with E-state index < -0.39 is 17.9 Å². The van der Waals surface area contributed by atoms with E-state index in [0.717, 1.165) is 11.1 Å². The molecule has 1 aromatic carbocycles. The summed E-state index contributed by atoms with van der Waals surface area (Å²) in [4.78, 5) is 27.1. The Kier molecular flexibility index (Phi) is 4.66. The molecule has 0 saturated carbocycles. The van der Waals surface area contributed by atoms with Gasteiger partial charge in [-0.05, 0) is 24.6 Å². The minimum atomic E-state index is -1.06. The number of benzene rings is 1. The van der Waals surface area contributed by atoms with Crippen molar-refractivity contribution in [1.29, 1.82) is 0 Å². The molecule has 0 spiro atoms. The quantitative estimate of drug-likeness (QED) is 0.877. The molecule has 1 aromatic heterocycles. The summed E-state index contributed by atoms with van der Waals surface area (Å²) in [6.07, 6.45) is 3.19. The number of aromatic nitrogens is 1. The average molecular weight is 284 g/mol. The molecule has 5 nitrogen and oxygen atoms in total. The van der Waals surface area contributed by atoms with Gasteiger partial charge in [0.25, 0.3) is 5.91 Å². The number of carboxylic acids is 1. The van der Waals surface area contributed by atoms with Crippen molar-refractivity contribution >= 4 is 11.9 Å². The third-order valence-corrected chi connectivity index (χ3v) is 3.09. The van der Waals surface area contributed by atoms with Gasteiger partial charge in [-0.15, -0.1) is 0 Å². The van der Waals surface area contributed by atoms with Crippen LogP contribution in [0.1, 0.15) is 21.5 Å². The summed E-state index contributed by atoms with van der Waals surface area (Å²) in [5, 5.41) is 11.8. The second kappa shape index (κ2) is 6.65. The van der Waals surface area contributed by atoms with E-state index in [2.05, 4.69) is 10.3 Å². The van der Waals surface area contributed by atoms with Gasteiger partial charge in [-0.2, -0.15) is 0 Å². The van der Waals surface area contributed by atoms with Crippen LogP contribution in [0.5, 0.6) is 0 Å². The molecule has 21 heavy (non-hydrogen) atoms. The maximum Gasteiger partial charge on any atom is 0.326 e. The SMILES string of the molecule is Cc1ccc(C[C@@H](NC(=O)c2cccnc2)C(=O)O)cc1. The van der Waals surface area contributed by atoms with E-state index in [1.54, 1.807) is 18.3 Å². The molecule has 0 saturated heterocycles. The predicted octanol–water partition coefficient (Wildman–Crippen LogP) is 1.82. The smallest absolute Gasteiger partial charge is 0.326 e. The van der Waals surface area contributed by atoms with Gasteiger partial charge in [0.2, 0.25) is 0 Å². The summed E-state index contributed by atoms with van der Waals surface area (Å²) >= 11 is 0. The van der Waals surface area contributed by atoms with Gasteiger partial charge >= 0.3 is 5.97 Å². The number of carboxylic acid groups (broad SMARTS) is 1. The molecule has 0 radical (unpaired) electrons. The number of nitrogens with zero attached hydrogens (tertiary/aromatic N) is 1. The van der Waals surface area contributed by atoms with Crippen molar-refractivity contribution < 1.29 is 14.7 Å². The van der Waals surface area contributed by atoms with Crippen molar-refractivity contribution in [3.05, 3.63) is 65.5 Å². The molecule has 108 valence electrons. The number of rotatable bonds is 5. The minimum absolute atomic E-state index is 0.238. The molecule has 1 heterocycles. The van der Waals surface area contributed by atoms with E-state index in [1.807, 2.05) is 31.2 Å². The van der Waals surface area contributed by atoms with Crippen molar-refractivity contribution in [2.24, 2.45) is 0 Å². The standard InChI is InChI=1S/C16H16N2O3/c1-11-4-6-12(7-5-11)9-14(16(20)21)18-15(19)13-3-2-8-17-10-13/h2-8,10,14H,9H2,1H3,(H,18,19)(H,20,21)/t14-/m1/s1. The molecule has 2 aromatic rings. The molecule has 5 heteroatoms. The first-order valence-corrected chi connectivity index (χ1v) is 6.55. The summed E-state index contributed by atoms with van der Waals surface area (Å²) in [6.45, 7) is 1.96. The maximum absolute atomic E-state index is 12.0. The first-order chi connectivity index (χ1) is 10.1. The summed E-state index contributed by atoms with van der Waals surface area (Å²) in [6, 6.07) is 9.80. The number of hydrogen-bond acceptors (Lipinski definition) is 3. The van der Waals surface area contributed by atoms with Gasteiger partial charge in [0.05, 0.1) is 5.56 Å². The highest BCUT2D eigenvalue weighted by atomic mass is 16.4. The van der Waals surface area contributed by atoms with Crippen molar-refractivity contribution in [1.82, 2.24) is 10.3 Å². The van der Waals surface area contributed by atoms with E-state index in [4.69, 9.17) is 0 Å². The van der Waals surface area contributed by atoms with Gasteiger partial charge in [-0.1, -0.05) is 29.8 Å². The third-order valence-electron chi connectivity index (χ3n) is 3.09. The zero-order valence-electron chi connectivity index (χ0n) is 11.6. The van der Waals surface area contributed by atoms with E-state index in [9.17, 15) is 14.7 Å². The van der Waals surface area contributed by atoms with E-state index in [0.29, 0.717) is 5.56 Å². The fourth-order valence-electron chi connectivity index (χ4n) is 1.90. The second-order valence-corrected chi connectivity index (χ2v) is 4.80. The topological polar surface area (TPSA) is 79.3 Å². The lowest BCUT2D eigenvalue weighted by atomic mass is 10.0. The van der Waals surface area contributed by atoms with Crippen LogP contribution >= 0.6 is 0 Å². The molecule has 2 rings (SSSR count). The molecular weight excluding hydrogens is 268 g/mol. The lowest BCUT2D eigenvalue weighted by molar-refractivity contribution is -0.139. The highest BCUT2D eigenvalue weighted by molar-refractivity contribution is 5.96. The van der Waals surface area contributed by atoms with Crippen LogP contribution in [-0.4, -0.2) is 28.0 Å². The van der Waals surface area contributed by atoms with Gasteiger partial charge in [0.15, 0.2) is 0 Å². The molecule has 2 N–H and O–H groups in total. The zero-order chi connectivity index (χ0) is 15.2. The molecular formula is C16H16N2O3. The van der Waals surface area contributed by atoms with Crippen molar-refractivity contribution in [3.63, 3.8) is 0 Å². The number of aryl methyl sites for hydroxylation is 1. The summed E-state index contributed by atoms with van der Waals surface area (Å²) in [5.74, 6) is -1.50. The lowest BCUT2D eigenvalue weighted by Crippen LogP contribution is -2.42. The van der Waals surface area contributed by atoms with Crippen LogP contribution in [-0.2, 0) is 11.2 Å². The maximum atomic E-state index is 12.0. The van der Waals surface area contributed by atoms with Crippen molar-refractivity contribution in [3.8, 4) is 0 Å². The van der Waals surface area contributed by atoms with Crippen LogP contribution in [0.15, 0.2) is 48.8 Å². The molecule has 0 bridgehead atoms. The Balaban J connectivity index is 2.07. The largest absolute Gasteiger partial charge is 0.480 e. The number of amides is 1. The van der Waals surface area contributed by atoms with E-state index in [-0.39, 0.29) is 6.42 Å². The van der Waals surface area contributed by atoms with Gasteiger partial charge < -0.3 is 10.4 Å². The molecule has 0 aliphatic rings. The van der Waals surface area contributed by atoms with E-state index >= 15 is 0 Å².